The number of benzene rings is 1. The smallest absolute Gasteiger partial charge is 0.259 e. The minimum Gasteiger partial charge on any atom is -0.367 e. The van der Waals surface area contributed by atoms with Crippen molar-refractivity contribution in [3.63, 3.8) is 0 Å². The van der Waals surface area contributed by atoms with Gasteiger partial charge in [0.1, 0.15) is 5.57 Å². The van der Waals surface area contributed by atoms with E-state index in [-0.39, 0.29) is 17.7 Å². The fraction of sp³-hybridized carbons (Fsp3) is 0.474. The first kappa shape index (κ1) is 14.5. The van der Waals surface area contributed by atoms with Crippen LogP contribution in [0.15, 0.2) is 35.9 Å². The van der Waals surface area contributed by atoms with E-state index in [0.29, 0.717) is 12.0 Å². The van der Waals surface area contributed by atoms with Gasteiger partial charge in [-0.25, -0.2) is 0 Å². The SMILES string of the molecule is O=C1C[C@H]2CCCN2C(c2ccccc2)=C1C(=O)N1CCCC1. The van der Waals surface area contributed by atoms with Crippen LogP contribution in [0.1, 0.15) is 37.7 Å². The van der Waals surface area contributed by atoms with Gasteiger partial charge < -0.3 is 9.80 Å². The molecule has 2 saturated heterocycles. The van der Waals surface area contributed by atoms with Crippen LogP contribution in [0.2, 0.25) is 0 Å². The van der Waals surface area contributed by atoms with Crippen LogP contribution in [0.3, 0.4) is 0 Å². The molecule has 0 spiro atoms. The Morgan fingerprint density at radius 2 is 1.74 bits per heavy atom. The first-order valence-electron chi connectivity index (χ1n) is 8.64. The lowest BCUT2D eigenvalue weighted by Gasteiger charge is -2.36. The van der Waals surface area contributed by atoms with Crippen molar-refractivity contribution in [1.82, 2.24) is 9.80 Å². The third-order valence-corrected chi connectivity index (χ3v) is 5.26. The molecule has 120 valence electrons. The summed E-state index contributed by atoms with van der Waals surface area (Å²) >= 11 is 0. The average Bonchev–Trinajstić information content (AvgIpc) is 3.25. The van der Waals surface area contributed by atoms with Crippen molar-refractivity contribution in [1.29, 1.82) is 0 Å². The molecule has 0 saturated carbocycles. The zero-order valence-electron chi connectivity index (χ0n) is 13.3. The quantitative estimate of drug-likeness (QED) is 0.788. The second-order valence-electron chi connectivity index (χ2n) is 6.71. The summed E-state index contributed by atoms with van der Waals surface area (Å²) in [6.45, 7) is 2.50. The lowest BCUT2D eigenvalue weighted by molar-refractivity contribution is -0.129. The fourth-order valence-electron chi connectivity index (χ4n) is 4.14. The predicted molar refractivity (Wildman–Crippen MR) is 88.5 cm³/mol. The molecule has 4 heteroatoms. The summed E-state index contributed by atoms with van der Waals surface area (Å²) in [6.07, 6.45) is 4.72. The molecule has 3 heterocycles. The van der Waals surface area contributed by atoms with Crippen molar-refractivity contribution in [2.45, 2.75) is 38.1 Å². The molecule has 1 aromatic carbocycles. The molecule has 0 radical (unpaired) electrons. The normalized spacial score (nSPS) is 24.3. The third-order valence-electron chi connectivity index (χ3n) is 5.26. The molecule has 1 amide bonds. The van der Waals surface area contributed by atoms with E-state index in [1.807, 2.05) is 35.2 Å². The number of hydrogen-bond acceptors (Lipinski definition) is 3. The molecule has 1 aromatic rings. The van der Waals surface area contributed by atoms with Gasteiger partial charge in [-0.1, -0.05) is 30.3 Å². The molecule has 1 atom stereocenters. The standard InChI is InChI=1S/C19H22N2O2/c22-16-13-15-9-6-12-21(15)18(14-7-2-1-3-8-14)17(16)19(23)20-10-4-5-11-20/h1-3,7-8,15H,4-6,9-13H2/t15-/m1/s1. The highest BCUT2D eigenvalue weighted by atomic mass is 16.2. The van der Waals surface area contributed by atoms with Gasteiger partial charge in [-0.3, -0.25) is 9.59 Å². The maximum atomic E-state index is 13.0. The molecule has 0 aliphatic carbocycles. The van der Waals surface area contributed by atoms with Gasteiger partial charge in [-0.05, 0) is 31.2 Å². The van der Waals surface area contributed by atoms with E-state index in [1.165, 1.54) is 0 Å². The van der Waals surface area contributed by atoms with Crippen LogP contribution >= 0.6 is 0 Å². The van der Waals surface area contributed by atoms with Gasteiger partial charge in [0.15, 0.2) is 5.78 Å². The number of carbonyl (C=O) groups is 2. The van der Waals surface area contributed by atoms with Crippen molar-refractivity contribution in [3.8, 4) is 0 Å². The van der Waals surface area contributed by atoms with Gasteiger partial charge in [0, 0.05) is 32.1 Å². The topological polar surface area (TPSA) is 40.6 Å². The molecule has 3 aliphatic heterocycles. The lowest BCUT2D eigenvalue weighted by atomic mass is 9.91. The van der Waals surface area contributed by atoms with Crippen LogP contribution in [0.4, 0.5) is 0 Å². The monoisotopic (exact) mass is 310 g/mol. The molecular weight excluding hydrogens is 288 g/mol. The number of amides is 1. The summed E-state index contributed by atoms with van der Waals surface area (Å²) in [5.74, 6) is -0.0272. The Morgan fingerprint density at radius 3 is 2.48 bits per heavy atom. The van der Waals surface area contributed by atoms with Gasteiger partial charge in [0.25, 0.3) is 5.91 Å². The fourth-order valence-corrected chi connectivity index (χ4v) is 4.14. The molecule has 0 bridgehead atoms. The van der Waals surface area contributed by atoms with E-state index in [2.05, 4.69) is 4.90 Å². The van der Waals surface area contributed by atoms with Crippen LogP contribution in [-0.4, -0.2) is 47.2 Å². The molecule has 4 nitrogen and oxygen atoms in total. The van der Waals surface area contributed by atoms with E-state index in [9.17, 15) is 9.59 Å². The summed E-state index contributed by atoms with van der Waals surface area (Å²) < 4.78 is 0. The van der Waals surface area contributed by atoms with Crippen molar-refractivity contribution in [3.05, 3.63) is 41.5 Å². The van der Waals surface area contributed by atoms with E-state index >= 15 is 0 Å². The van der Waals surface area contributed by atoms with Crippen molar-refractivity contribution in [2.24, 2.45) is 0 Å². The van der Waals surface area contributed by atoms with Crippen LogP contribution < -0.4 is 0 Å². The Balaban J connectivity index is 1.83. The Hall–Kier alpha value is -2.10. The zero-order valence-corrected chi connectivity index (χ0v) is 13.3. The van der Waals surface area contributed by atoms with Crippen LogP contribution in [0.5, 0.6) is 0 Å². The summed E-state index contributed by atoms with van der Waals surface area (Å²) in [5.41, 5.74) is 2.30. The van der Waals surface area contributed by atoms with E-state index in [0.717, 1.165) is 56.6 Å². The highest BCUT2D eigenvalue weighted by Gasteiger charge is 2.40. The molecular formula is C19H22N2O2. The summed E-state index contributed by atoms with van der Waals surface area (Å²) in [4.78, 5) is 29.9. The highest BCUT2D eigenvalue weighted by molar-refractivity contribution is 6.25. The highest BCUT2D eigenvalue weighted by Crippen LogP contribution is 2.38. The van der Waals surface area contributed by atoms with E-state index < -0.39 is 0 Å². The van der Waals surface area contributed by atoms with E-state index in [1.54, 1.807) is 0 Å². The van der Waals surface area contributed by atoms with Gasteiger partial charge in [0.05, 0.1) is 5.70 Å². The number of likely N-dealkylation sites (tertiary alicyclic amines) is 1. The van der Waals surface area contributed by atoms with Gasteiger partial charge >= 0.3 is 0 Å². The van der Waals surface area contributed by atoms with Crippen molar-refractivity contribution < 1.29 is 9.59 Å². The first-order valence-corrected chi connectivity index (χ1v) is 8.64. The number of rotatable bonds is 2. The summed E-state index contributed by atoms with van der Waals surface area (Å²) in [6, 6.07) is 10.2. The second kappa shape index (κ2) is 5.84. The number of nitrogens with zero attached hydrogens (tertiary/aromatic N) is 2. The van der Waals surface area contributed by atoms with Crippen LogP contribution in [0, 0.1) is 0 Å². The van der Waals surface area contributed by atoms with Gasteiger partial charge in [-0.2, -0.15) is 0 Å². The number of Topliss-reactive ketones (excluding diaryl/α,β-unsaturated/α-hetero) is 1. The zero-order chi connectivity index (χ0) is 15.8. The molecule has 0 N–H and O–H groups in total. The Bertz CT molecular complexity index is 659. The van der Waals surface area contributed by atoms with Crippen LogP contribution in [-0.2, 0) is 9.59 Å². The van der Waals surface area contributed by atoms with Crippen molar-refractivity contribution in [2.75, 3.05) is 19.6 Å². The van der Waals surface area contributed by atoms with E-state index in [4.69, 9.17) is 0 Å². The van der Waals surface area contributed by atoms with Gasteiger partial charge in [0.2, 0.25) is 0 Å². The minimum absolute atomic E-state index is 0.0314. The molecule has 0 aromatic heterocycles. The molecule has 3 aliphatic rings. The minimum atomic E-state index is -0.0586. The summed E-state index contributed by atoms with van der Waals surface area (Å²) in [5, 5.41) is 0. The molecule has 23 heavy (non-hydrogen) atoms. The third kappa shape index (κ3) is 2.46. The molecule has 2 fully saturated rings. The maximum absolute atomic E-state index is 13.0. The lowest BCUT2D eigenvalue weighted by Crippen LogP contribution is -2.42. The Morgan fingerprint density at radius 1 is 1.00 bits per heavy atom. The first-order chi connectivity index (χ1) is 11.3. The Labute approximate surface area is 136 Å². The number of ketones is 1. The summed E-state index contributed by atoms with van der Waals surface area (Å²) in [7, 11) is 0. The number of hydrogen-bond donors (Lipinski definition) is 0. The molecule has 0 unspecified atom stereocenters. The molecule has 4 rings (SSSR count). The average molecular weight is 310 g/mol. The van der Waals surface area contributed by atoms with Crippen molar-refractivity contribution >= 4 is 17.4 Å². The van der Waals surface area contributed by atoms with Crippen LogP contribution in [0.25, 0.3) is 5.70 Å². The Kier molecular flexibility index (Phi) is 3.68. The number of fused-ring (bicyclic) bond motifs is 1. The number of carbonyl (C=O) groups excluding carboxylic acids is 2. The predicted octanol–water partition coefficient (Wildman–Crippen LogP) is 2.46. The van der Waals surface area contributed by atoms with Gasteiger partial charge in [-0.15, -0.1) is 0 Å². The second-order valence-corrected chi connectivity index (χ2v) is 6.71. The maximum Gasteiger partial charge on any atom is 0.259 e. The largest absolute Gasteiger partial charge is 0.367 e.